The van der Waals surface area contributed by atoms with E-state index in [0.29, 0.717) is 32.2 Å². The predicted molar refractivity (Wildman–Crippen MR) is 109 cm³/mol. The molecule has 0 spiro atoms. The van der Waals surface area contributed by atoms with Gasteiger partial charge < -0.3 is 10.6 Å². The van der Waals surface area contributed by atoms with Gasteiger partial charge in [0.25, 0.3) is 5.92 Å². The van der Waals surface area contributed by atoms with Crippen LogP contribution in [0.2, 0.25) is 0 Å². The molecule has 2 aliphatic heterocycles. The lowest BCUT2D eigenvalue weighted by Gasteiger charge is -2.40. The number of likely N-dealkylation sites (tertiary alicyclic amines) is 2. The van der Waals surface area contributed by atoms with Crippen molar-refractivity contribution >= 4 is 11.7 Å². The summed E-state index contributed by atoms with van der Waals surface area (Å²) in [7, 11) is 0. The summed E-state index contributed by atoms with van der Waals surface area (Å²) < 4.78 is 66.7. The van der Waals surface area contributed by atoms with Gasteiger partial charge in [-0.05, 0) is 63.2 Å². The van der Waals surface area contributed by atoms with E-state index in [-0.39, 0.29) is 61.3 Å². The van der Waals surface area contributed by atoms with E-state index in [1.165, 1.54) is 4.90 Å². The maximum atomic E-state index is 13.7. The van der Waals surface area contributed by atoms with Crippen molar-refractivity contribution in [3.05, 3.63) is 0 Å². The number of nitrogens with two attached hydrogens (primary N) is 1. The fourth-order valence-electron chi connectivity index (χ4n) is 6.44. The lowest BCUT2D eigenvalue weighted by molar-refractivity contribution is -0.184. The van der Waals surface area contributed by atoms with E-state index in [0.717, 1.165) is 12.8 Å². The zero-order valence-corrected chi connectivity index (χ0v) is 18.2. The number of halogens is 5. The molecule has 0 bridgehead atoms. The van der Waals surface area contributed by atoms with Gasteiger partial charge in [-0.1, -0.05) is 0 Å². The molecule has 2 saturated heterocycles. The average molecular weight is 465 g/mol. The van der Waals surface area contributed by atoms with Crippen LogP contribution in [0, 0.1) is 29.1 Å². The normalized spacial score (nSPS) is 38.0. The van der Waals surface area contributed by atoms with Crippen molar-refractivity contribution in [1.82, 2.24) is 9.80 Å². The van der Waals surface area contributed by atoms with E-state index in [4.69, 9.17) is 11.1 Å². The summed E-state index contributed by atoms with van der Waals surface area (Å²) in [5, 5.41) is 7.85. The van der Waals surface area contributed by atoms with Crippen LogP contribution in [0.3, 0.4) is 0 Å². The zero-order valence-electron chi connectivity index (χ0n) is 18.2. The molecule has 2 aliphatic carbocycles. The molecule has 2 saturated carbocycles. The minimum atomic E-state index is -4.17. The van der Waals surface area contributed by atoms with Crippen molar-refractivity contribution in [3.63, 3.8) is 0 Å². The van der Waals surface area contributed by atoms with Gasteiger partial charge in [0, 0.05) is 31.5 Å². The minimum Gasteiger partial charge on any atom is -0.387 e. The van der Waals surface area contributed by atoms with E-state index in [2.05, 4.69) is 4.90 Å². The van der Waals surface area contributed by atoms with Crippen LogP contribution in [0.15, 0.2) is 0 Å². The molecule has 182 valence electrons. The number of rotatable bonds is 4. The first-order valence-corrected chi connectivity index (χ1v) is 11.8. The molecule has 2 heterocycles. The Morgan fingerprint density at radius 3 is 2.31 bits per heavy atom. The number of amidine groups is 1. The molecule has 3 N–H and O–H groups in total. The molecule has 0 aromatic rings. The molecule has 0 aromatic heterocycles. The lowest BCUT2D eigenvalue weighted by Crippen LogP contribution is -2.51. The Morgan fingerprint density at radius 1 is 1.06 bits per heavy atom. The Balaban J connectivity index is 1.48. The Bertz CT molecular complexity index is 722. The van der Waals surface area contributed by atoms with Crippen LogP contribution in [-0.2, 0) is 4.79 Å². The van der Waals surface area contributed by atoms with Gasteiger partial charge in [0.15, 0.2) is 0 Å². The second-order valence-corrected chi connectivity index (χ2v) is 10.4. The maximum Gasteiger partial charge on any atom is 0.391 e. The first-order chi connectivity index (χ1) is 14.9. The summed E-state index contributed by atoms with van der Waals surface area (Å²) in [6.45, 7) is -0.00640. The van der Waals surface area contributed by atoms with Gasteiger partial charge >= 0.3 is 6.18 Å². The van der Waals surface area contributed by atoms with Crippen LogP contribution >= 0.6 is 0 Å². The van der Waals surface area contributed by atoms with Crippen LogP contribution in [-0.4, -0.2) is 65.4 Å². The quantitative estimate of drug-likeness (QED) is 0.375. The van der Waals surface area contributed by atoms with E-state index in [9.17, 15) is 26.7 Å². The Labute approximate surface area is 185 Å². The van der Waals surface area contributed by atoms with Crippen molar-refractivity contribution in [3.8, 4) is 0 Å². The smallest absolute Gasteiger partial charge is 0.387 e. The SMILES string of the molecule is N=C(N)C1CCC2CC(C(=O)N3CCC(F)(F)C3)N(CC3CCC(C(F)(F)F)CC3)C2C1. The summed E-state index contributed by atoms with van der Waals surface area (Å²) in [5.41, 5.74) is 5.76. The Morgan fingerprint density at radius 2 is 1.75 bits per heavy atom. The summed E-state index contributed by atoms with van der Waals surface area (Å²) in [4.78, 5) is 16.6. The van der Waals surface area contributed by atoms with Crippen molar-refractivity contribution in [2.75, 3.05) is 19.6 Å². The van der Waals surface area contributed by atoms with Gasteiger partial charge in [-0.2, -0.15) is 13.2 Å². The van der Waals surface area contributed by atoms with E-state index < -0.39 is 30.6 Å². The molecule has 0 radical (unpaired) electrons. The molecule has 0 aromatic carbocycles. The van der Waals surface area contributed by atoms with Crippen LogP contribution in [0.1, 0.15) is 57.8 Å². The minimum absolute atomic E-state index is 0.0232. The Kier molecular flexibility index (Phi) is 6.46. The molecule has 4 fully saturated rings. The number of nitrogens with one attached hydrogen (secondary N) is 1. The largest absolute Gasteiger partial charge is 0.391 e. The Hall–Kier alpha value is -1.45. The average Bonchev–Trinajstić information content (AvgIpc) is 3.26. The predicted octanol–water partition coefficient (Wildman–Crippen LogP) is 4.02. The molecule has 10 heteroatoms. The summed E-state index contributed by atoms with van der Waals surface area (Å²) in [5.74, 6) is -4.05. The topological polar surface area (TPSA) is 73.4 Å². The van der Waals surface area contributed by atoms with Crippen LogP contribution in [0.25, 0.3) is 0 Å². The number of alkyl halides is 5. The van der Waals surface area contributed by atoms with Gasteiger partial charge in [0.05, 0.1) is 24.3 Å². The van der Waals surface area contributed by atoms with Gasteiger partial charge in [-0.25, -0.2) is 8.78 Å². The molecule has 32 heavy (non-hydrogen) atoms. The number of nitrogens with zero attached hydrogens (tertiary/aromatic N) is 2. The number of amides is 1. The highest BCUT2D eigenvalue weighted by molar-refractivity contribution is 5.83. The summed E-state index contributed by atoms with van der Waals surface area (Å²) >= 11 is 0. The highest BCUT2D eigenvalue weighted by Gasteiger charge is 2.51. The van der Waals surface area contributed by atoms with Crippen molar-refractivity contribution in [2.45, 2.75) is 82.0 Å². The van der Waals surface area contributed by atoms with Crippen molar-refractivity contribution in [2.24, 2.45) is 29.4 Å². The standard InChI is InChI=1S/C22H33F5N4O/c23-21(24)7-8-30(12-21)20(32)18-9-14-3-4-15(19(28)29)10-17(14)31(18)11-13-1-5-16(6-2-13)22(25,26)27/h13-18H,1-12H2,(H3,28,29). The molecule has 1 amide bonds. The number of carbonyl (C=O) groups is 1. The van der Waals surface area contributed by atoms with Gasteiger partial charge in [0.1, 0.15) is 0 Å². The molecule has 4 atom stereocenters. The van der Waals surface area contributed by atoms with Crippen LogP contribution in [0.5, 0.6) is 0 Å². The zero-order chi connectivity index (χ0) is 23.3. The highest BCUT2D eigenvalue weighted by Crippen LogP contribution is 2.45. The van der Waals surface area contributed by atoms with Gasteiger partial charge in [-0.15, -0.1) is 0 Å². The first kappa shape index (κ1) is 23.7. The molecular weight excluding hydrogens is 431 g/mol. The fraction of sp³-hybridized carbons (Fsp3) is 0.909. The third-order valence-electron chi connectivity index (χ3n) is 8.29. The fourth-order valence-corrected chi connectivity index (χ4v) is 6.44. The van der Waals surface area contributed by atoms with Crippen molar-refractivity contribution < 1.29 is 26.7 Å². The van der Waals surface area contributed by atoms with Gasteiger partial charge in [-0.3, -0.25) is 15.1 Å². The van der Waals surface area contributed by atoms with Crippen LogP contribution < -0.4 is 5.73 Å². The first-order valence-electron chi connectivity index (χ1n) is 11.8. The summed E-state index contributed by atoms with van der Waals surface area (Å²) in [6, 6.07) is -0.486. The van der Waals surface area contributed by atoms with Gasteiger partial charge in [0.2, 0.25) is 5.91 Å². The van der Waals surface area contributed by atoms with E-state index in [1.807, 2.05) is 0 Å². The second kappa shape index (κ2) is 8.72. The number of hydrogen-bond donors (Lipinski definition) is 2. The summed E-state index contributed by atoms with van der Waals surface area (Å²) in [6.07, 6.45) is -0.532. The van der Waals surface area contributed by atoms with Crippen LogP contribution in [0.4, 0.5) is 22.0 Å². The third kappa shape index (κ3) is 4.89. The van der Waals surface area contributed by atoms with E-state index in [1.54, 1.807) is 0 Å². The monoisotopic (exact) mass is 464 g/mol. The van der Waals surface area contributed by atoms with E-state index >= 15 is 0 Å². The number of fused-ring (bicyclic) bond motifs is 1. The maximum absolute atomic E-state index is 13.7. The molecule has 4 unspecified atom stereocenters. The number of hydrogen-bond acceptors (Lipinski definition) is 3. The highest BCUT2D eigenvalue weighted by atomic mass is 19.4. The molecule has 4 aliphatic rings. The number of carbonyl (C=O) groups excluding carboxylic acids is 1. The third-order valence-corrected chi connectivity index (χ3v) is 8.29. The molecule has 4 rings (SSSR count). The van der Waals surface area contributed by atoms with Crippen molar-refractivity contribution in [1.29, 1.82) is 5.41 Å². The lowest BCUT2D eigenvalue weighted by atomic mass is 9.77. The molecule has 5 nitrogen and oxygen atoms in total. The second-order valence-electron chi connectivity index (χ2n) is 10.4. The molecular formula is C22H33F5N4O.